The van der Waals surface area contributed by atoms with Crippen LogP contribution in [0.4, 0.5) is 11.4 Å². The second-order valence-corrected chi connectivity index (χ2v) is 8.54. The molecule has 27 heavy (non-hydrogen) atoms. The third-order valence-corrected chi connectivity index (χ3v) is 5.66. The van der Waals surface area contributed by atoms with E-state index in [1.54, 1.807) is 0 Å². The van der Waals surface area contributed by atoms with E-state index in [-0.39, 0.29) is 18.9 Å². The summed E-state index contributed by atoms with van der Waals surface area (Å²) in [5.41, 5.74) is 4.48. The third kappa shape index (κ3) is 5.57. The van der Waals surface area contributed by atoms with Crippen molar-refractivity contribution in [1.29, 1.82) is 0 Å². The predicted octanol–water partition coefficient (Wildman–Crippen LogP) is 3.91. The molecule has 6 heteroatoms. The molecule has 0 aliphatic carbocycles. The molecule has 0 spiro atoms. The number of amides is 1. The second-order valence-electron chi connectivity index (χ2n) is 6.63. The van der Waals surface area contributed by atoms with Gasteiger partial charge >= 0.3 is 0 Å². The van der Waals surface area contributed by atoms with Gasteiger partial charge in [-0.25, -0.2) is 8.42 Å². The topological polar surface area (TPSA) is 66.5 Å². The van der Waals surface area contributed by atoms with Crippen LogP contribution < -0.4 is 9.62 Å². The monoisotopic (exact) mass is 388 g/mol. The fourth-order valence-corrected chi connectivity index (χ4v) is 4.03. The fourth-order valence-electron chi connectivity index (χ4n) is 3.04. The van der Waals surface area contributed by atoms with E-state index in [4.69, 9.17) is 0 Å². The highest BCUT2D eigenvalue weighted by Gasteiger charge is 2.23. The first-order valence-corrected chi connectivity index (χ1v) is 11.1. The molecule has 0 aliphatic rings. The molecule has 1 amide bonds. The van der Waals surface area contributed by atoms with Crippen LogP contribution in [-0.4, -0.2) is 27.1 Å². The maximum Gasteiger partial charge on any atom is 0.232 e. The number of aryl methyl sites for hydroxylation is 3. The molecule has 0 saturated heterocycles. The molecule has 0 saturated carbocycles. The molecule has 0 aromatic heterocycles. The van der Waals surface area contributed by atoms with Gasteiger partial charge in [-0.05, 0) is 43.0 Å². The van der Waals surface area contributed by atoms with Gasteiger partial charge in [0.15, 0.2) is 0 Å². The summed E-state index contributed by atoms with van der Waals surface area (Å²) in [7, 11) is -3.50. The minimum Gasteiger partial charge on any atom is -0.326 e. The predicted molar refractivity (Wildman–Crippen MR) is 112 cm³/mol. The van der Waals surface area contributed by atoms with Crippen LogP contribution in [0.5, 0.6) is 0 Å². The third-order valence-electron chi connectivity index (χ3n) is 4.49. The number of carbonyl (C=O) groups excluding carboxylic acids is 1. The molecular formula is C21H28N2O3S. The van der Waals surface area contributed by atoms with E-state index in [2.05, 4.69) is 5.32 Å². The van der Waals surface area contributed by atoms with Gasteiger partial charge < -0.3 is 5.32 Å². The summed E-state index contributed by atoms with van der Waals surface area (Å²) in [6, 6.07) is 13.4. The highest BCUT2D eigenvalue weighted by Crippen LogP contribution is 2.29. The van der Waals surface area contributed by atoms with Crippen LogP contribution in [0.15, 0.2) is 42.5 Å². The number of nitrogens with zero attached hydrogens (tertiary/aromatic N) is 1. The summed E-state index contributed by atoms with van der Waals surface area (Å²) in [5, 5.41) is 2.82. The van der Waals surface area contributed by atoms with Gasteiger partial charge in [0, 0.05) is 18.7 Å². The van der Waals surface area contributed by atoms with E-state index in [1.807, 2.05) is 63.2 Å². The average Bonchev–Trinajstić information content (AvgIpc) is 2.62. The van der Waals surface area contributed by atoms with Gasteiger partial charge in [0.1, 0.15) is 0 Å². The Bertz CT molecular complexity index is 868. The summed E-state index contributed by atoms with van der Waals surface area (Å²) in [5.74, 6) is -0.209. The van der Waals surface area contributed by atoms with Gasteiger partial charge in [0.2, 0.25) is 15.9 Å². The summed E-state index contributed by atoms with van der Waals surface area (Å²) < 4.78 is 26.3. The van der Waals surface area contributed by atoms with Crippen molar-refractivity contribution in [3.8, 4) is 0 Å². The van der Waals surface area contributed by atoms with Crippen LogP contribution in [0.2, 0.25) is 0 Å². The Morgan fingerprint density at radius 3 is 2.04 bits per heavy atom. The van der Waals surface area contributed by atoms with E-state index >= 15 is 0 Å². The molecule has 0 fully saturated rings. The largest absolute Gasteiger partial charge is 0.326 e. The normalized spacial score (nSPS) is 11.3. The minimum absolute atomic E-state index is 0.0855. The van der Waals surface area contributed by atoms with Gasteiger partial charge in [-0.2, -0.15) is 0 Å². The lowest BCUT2D eigenvalue weighted by molar-refractivity contribution is -0.116. The summed E-state index contributed by atoms with van der Waals surface area (Å²) in [6.45, 7) is 6.10. The Morgan fingerprint density at radius 2 is 1.56 bits per heavy atom. The van der Waals surface area contributed by atoms with Gasteiger partial charge in [0.05, 0.1) is 11.9 Å². The van der Waals surface area contributed by atoms with Crippen molar-refractivity contribution in [2.45, 2.75) is 40.0 Å². The molecular weight excluding hydrogens is 360 g/mol. The van der Waals surface area contributed by atoms with E-state index in [1.165, 1.54) is 10.6 Å². The van der Waals surface area contributed by atoms with Crippen LogP contribution in [0.25, 0.3) is 0 Å². The standard InChI is InChI=1S/C21H28N2O3S/c1-5-17-8-7-9-18(6-2)21(17)23(27(4,25)26)15-14-20(24)22-19-12-10-16(3)11-13-19/h7-13H,5-6,14-15H2,1-4H3,(H,22,24). The molecule has 2 aromatic carbocycles. The smallest absolute Gasteiger partial charge is 0.232 e. The molecule has 0 bridgehead atoms. The van der Waals surface area contributed by atoms with Crippen LogP contribution >= 0.6 is 0 Å². The molecule has 0 atom stereocenters. The van der Waals surface area contributed by atoms with E-state index in [0.29, 0.717) is 11.4 Å². The lowest BCUT2D eigenvalue weighted by Crippen LogP contribution is -2.34. The van der Waals surface area contributed by atoms with E-state index in [0.717, 1.165) is 29.5 Å². The summed E-state index contributed by atoms with van der Waals surface area (Å²) in [6.07, 6.45) is 2.73. The zero-order valence-corrected chi connectivity index (χ0v) is 17.3. The fraction of sp³-hybridized carbons (Fsp3) is 0.381. The molecule has 2 aromatic rings. The van der Waals surface area contributed by atoms with Crippen LogP contribution in [0.3, 0.4) is 0 Å². The van der Waals surface area contributed by atoms with Crippen LogP contribution in [0.1, 0.15) is 37.0 Å². The van der Waals surface area contributed by atoms with Crippen molar-refractivity contribution in [3.63, 3.8) is 0 Å². The van der Waals surface area contributed by atoms with Crippen molar-refractivity contribution in [1.82, 2.24) is 0 Å². The molecule has 0 aliphatic heterocycles. The van der Waals surface area contributed by atoms with E-state index < -0.39 is 10.0 Å². The SMILES string of the molecule is CCc1cccc(CC)c1N(CCC(=O)Nc1ccc(C)cc1)S(C)(=O)=O. The minimum atomic E-state index is -3.50. The van der Waals surface area contributed by atoms with Gasteiger partial charge in [-0.15, -0.1) is 0 Å². The first-order chi connectivity index (χ1) is 12.8. The van der Waals surface area contributed by atoms with Crippen molar-refractivity contribution in [2.24, 2.45) is 0 Å². The highest BCUT2D eigenvalue weighted by molar-refractivity contribution is 7.92. The Morgan fingerprint density at radius 1 is 1.00 bits per heavy atom. The van der Waals surface area contributed by atoms with Crippen LogP contribution in [0, 0.1) is 6.92 Å². The molecule has 5 nitrogen and oxygen atoms in total. The number of carbonyl (C=O) groups is 1. The number of benzene rings is 2. The number of hydrogen-bond acceptors (Lipinski definition) is 3. The number of para-hydroxylation sites is 1. The Kier molecular flexibility index (Phi) is 7.02. The highest BCUT2D eigenvalue weighted by atomic mass is 32.2. The van der Waals surface area contributed by atoms with Gasteiger partial charge in [0.25, 0.3) is 0 Å². The quantitative estimate of drug-likeness (QED) is 0.745. The molecule has 2 rings (SSSR count). The van der Waals surface area contributed by atoms with Crippen molar-refractivity contribution in [3.05, 3.63) is 59.2 Å². The van der Waals surface area contributed by atoms with Gasteiger partial charge in [-0.3, -0.25) is 9.10 Å². The molecule has 146 valence electrons. The summed E-state index contributed by atoms with van der Waals surface area (Å²) in [4.78, 5) is 12.3. The Labute approximate surface area is 162 Å². The van der Waals surface area contributed by atoms with Crippen LogP contribution in [-0.2, 0) is 27.7 Å². The summed E-state index contributed by atoms with van der Waals surface area (Å²) >= 11 is 0. The number of sulfonamides is 1. The molecule has 0 unspecified atom stereocenters. The Balaban J connectivity index is 2.21. The average molecular weight is 389 g/mol. The zero-order valence-electron chi connectivity index (χ0n) is 16.5. The molecule has 1 N–H and O–H groups in total. The number of nitrogens with one attached hydrogen (secondary N) is 1. The number of anilines is 2. The maximum absolute atomic E-state index is 12.5. The van der Waals surface area contributed by atoms with Crippen molar-refractivity contribution in [2.75, 3.05) is 22.4 Å². The Hall–Kier alpha value is -2.34. The lowest BCUT2D eigenvalue weighted by Gasteiger charge is -2.27. The molecule has 0 heterocycles. The maximum atomic E-state index is 12.5. The van der Waals surface area contributed by atoms with E-state index in [9.17, 15) is 13.2 Å². The number of rotatable bonds is 8. The first kappa shape index (κ1) is 21.0. The molecule has 0 radical (unpaired) electrons. The van der Waals surface area contributed by atoms with Crippen molar-refractivity contribution >= 4 is 27.3 Å². The second kappa shape index (κ2) is 9.04. The van der Waals surface area contributed by atoms with Gasteiger partial charge in [-0.1, -0.05) is 49.7 Å². The zero-order chi connectivity index (χ0) is 20.0. The lowest BCUT2D eigenvalue weighted by atomic mass is 10.0. The van der Waals surface area contributed by atoms with Crippen molar-refractivity contribution < 1.29 is 13.2 Å². The first-order valence-electron chi connectivity index (χ1n) is 9.21. The number of hydrogen-bond donors (Lipinski definition) is 1.